The number of benzene rings is 1. The van der Waals surface area contributed by atoms with Gasteiger partial charge < -0.3 is 14.2 Å². The van der Waals surface area contributed by atoms with Crippen molar-refractivity contribution in [3.8, 4) is 0 Å². The molecule has 0 saturated heterocycles. The van der Waals surface area contributed by atoms with Gasteiger partial charge in [-0.2, -0.15) is 0 Å². The first-order valence-electron chi connectivity index (χ1n) is 13.6. The van der Waals surface area contributed by atoms with E-state index in [4.69, 9.17) is 14.2 Å². The second-order valence-electron chi connectivity index (χ2n) is 10.1. The van der Waals surface area contributed by atoms with Crippen LogP contribution in [0.4, 0.5) is 8.78 Å². The van der Waals surface area contributed by atoms with Crippen LogP contribution in [0, 0.1) is 17.6 Å². The SMILES string of the molecule is CCCCCCCCC(CCCCCCc1ccc(F)cc1F)C(OC)(OC(C)C)OC(C)C. The first kappa shape index (κ1) is 31.0. The molecular formula is C29H50F2O3. The molecule has 0 aliphatic heterocycles. The topological polar surface area (TPSA) is 27.7 Å². The molecule has 1 aromatic carbocycles. The third-order valence-electron chi connectivity index (χ3n) is 6.25. The fourth-order valence-electron chi connectivity index (χ4n) is 4.59. The van der Waals surface area contributed by atoms with Gasteiger partial charge in [0.2, 0.25) is 0 Å². The summed E-state index contributed by atoms with van der Waals surface area (Å²) < 4.78 is 45.5. The van der Waals surface area contributed by atoms with Crippen molar-refractivity contribution in [2.24, 2.45) is 5.92 Å². The zero-order chi connectivity index (χ0) is 25.4. The fourth-order valence-corrected chi connectivity index (χ4v) is 4.59. The van der Waals surface area contributed by atoms with Crippen molar-refractivity contribution in [3.05, 3.63) is 35.4 Å². The van der Waals surface area contributed by atoms with Crippen molar-refractivity contribution in [1.29, 1.82) is 0 Å². The Morgan fingerprint density at radius 1 is 0.765 bits per heavy atom. The van der Waals surface area contributed by atoms with Crippen molar-refractivity contribution in [2.45, 2.75) is 136 Å². The summed E-state index contributed by atoms with van der Waals surface area (Å²) in [5, 5.41) is 0. The minimum atomic E-state index is -1.02. The number of halogens is 2. The third-order valence-corrected chi connectivity index (χ3v) is 6.25. The van der Waals surface area contributed by atoms with Crippen LogP contribution in [0.3, 0.4) is 0 Å². The van der Waals surface area contributed by atoms with Gasteiger partial charge in [0.15, 0.2) is 0 Å². The largest absolute Gasteiger partial charge is 0.331 e. The molecule has 0 aliphatic rings. The molecule has 0 amide bonds. The Hall–Kier alpha value is -1.04. The molecule has 5 heteroatoms. The van der Waals surface area contributed by atoms with E-state index < -0.39 is 17.6 Å². The predicted octanol–water partition coefficient (Wildman–Crippen LogP) is 8.97. The van der Waals surface area contributed by atoms with E-state index in [2.05, 4.69) is 6.92 Å². The maximum atomic E-state index is 13.8. The lowest BCUT2D eigenvalue weighted by Gasteiger charge is -2.41. The quantitative estimate of drug-likeness (QED) is 0.136. The molecule has 1 aromatic rings. The van der Waals surface area contributed by atoms with E-state index >= 15 is 0 Å². The number of rotatable bonds is 20. The van der Waals surface area contributed by atoms with Crippen LogP contribution in [-0.2, 0) is 20.6 Å². The van der Waals surface area contributed by atoms with Gasteiger partial charge in [-0.1, -0.05) is 70.8 Å². The van der Waals surface area contributed by atoms with Crippen LogP contribution < -0.4 is 0 Å². The van der Waals surface area contributed by atoms with Crippen molar-refractivity contribution >= 4 is 0 Å². The van der Waals surface area contributed by atoms with Gasteiger partial charge in [-0.05, 0) is 65.0 Å². The van der Waals surface area contributed by atoms with E-state index in [9.17, 15) is 8.78 Å². The van der Waals surface area contributed by atoms with Gasteiger partial charge in [-0.15, -0.1) is 0 Å². The molecule has 1 unspecified atom stereocenters. The monoisotopic (exact) mass is 484 g/mol. The lowest BCUT2D eigenvalue weighted by molar-refractivity contribution is -0.417. The summed E-state index contributed by atoms with van der Waals surface area (Å²) in [5.41, 5.74) is 0.594. The Morgan fingerprint density at radius 2 is 1.29 bits per heavy atom. The normalized spacial score (nSPS) is 13.2. The van der Waals surface area contributed by atoms with Crippen LogP contribution in [0.5, 0.6) is 0 Å². The fraction of sp³-hybridized carbons (Fsp3) is 0.793. The number of methoxy groups -OCH3 is 1. The molecule has 0 bridgehead atoms. The van der Waals surface area contributed by atoms with Crippen LogP contribution in [0.1, 0.15) is 117 Å². The first-order valence-corrected chi connectivity index (χ1v) is 13.6. The second kappa shape index (κ2) is 17.4. The maximum Gasteiger partial charge on any atom is 0.286 e. The minimum Gasteiger partial charge on any atom is -0.331 e. The van der Waals surface area contributed by atoms with Crippen LogP contribution in [0.25, 0.3) is 0 Å². The molecule has 198 valence electrons. The Morgan fingerprint density at radius 3 is 1.79 bits per heavy atom. The molecule has 0 aliphatic carbocycles. The highest BCUT2D eigenvalue weighted by Crippen LogP contribution is 2.36. The minimum absolute atomic E-state index is 0.00337. The summed E-state index contributed by atoms with van der Waals surface area (Å²) in [6, 6.07) is 3.86. The van der Waals surface area contributed by atoms with Gasteiger partial charge >= 0.3 is 0 Å². The highest BCUT2D eigenvalue weighted by molar-refractivity contribution is 5.18. The number of aryl methyl sites for hydroxylation is 1. The lowest BCUT2D eigenvalue weighted by Crippen LogP contribution is -2.48. The zero-order valence-electron chi connectivity index (χ0n) is 22.6. The summed E-state index contributed by atoms with van der Waals surface area (Å²) in [7, 11) is 1.69. The second-order valence-corrected chi connectivity index (χ2v) is 10.1. The summed E-state index contributed by atoms with van der Waals surface area (Å²) >= 11 is 0. The molecule has 0 saturated carbocycles. The summed E-state index contributed by atoms with van der Waals surface area (Å²) in [5.74, 6) is -1.83. The predicted molar refractivity (Wildman–Crippen MR) is 137 cm³/mol. The zero-order valence-corrected chi connectivity index (χ0v) is 22.6. The van der Waals surface area contributed by atoms with E-state index in [1.165, 1.54) is 38.2 Å². The Bertz CT molecular complexity index is 638. The van der Waals surface area contributed by atoms with Gasteiger partial charge in [0, 0.05) is 19.1 Å². The summed E-state index contributed by atoms with van der Waals surface area (Å²) in [6.07, 6.45) is 14.1. The van der Waals surface area contributed by atoms with Crippen LogP contribution in [0.15, 0.2) is 18.2 Å². The molecule has 0 heterocycles. The molecule has 0 N–H and O–H groups in total. The summed E-state index contributed by atoms with van der Waals surface area (Å²) in [6.45, 7) is 10.3. The third kappa shape index (κ3) is 12.1. The molecule has 0 spiro atoms. The van der Waals surface area contributed by atoms with Crippen LogP contribution >= 0.6 is 0 Å². The van der Waals surface area contributed by atoms with E-state index in [1.807, 2.05) is 27.7 Å². The van der Waals surface area contributed by atoms with E-state index in [0.717, 1.165) is 51.0 Å². The van der Waals surface area contributed by atoms with E-state index in [1.54, 1.807) is 13.2 Å². The molecule has 34 heavy (non-hydrogen) atoms. The molecule has 1 atom stereocenters. The first-order chi connectivity index (χ1) is 16.2. The van der Waals surface area contributed by atoms with Gasteiger partial charge in [0.05, 0.1) is 12.2 Å². The van der Waals surface area contributed by atoms with Crippen molar-refractivity contribution in [1.82, 2.24) is 0 Å². The molecular weight excluding hydrogens is 434 g/mol. The Balaban J connectivity index is 2.65. The lowest BCUT2D eigenvalue weighted by atomic mass is 9.91. The summed E-state index contributed by atoms with van der Waals surface area (Å²) in [4.78, 5) is 0. The number of ether oxygens (including phenoxy) is 3. The number of unbranched alkanes of at least 4 members (excludes halogenated alkanes) is 8. The average Bonchev–Trinajstić information content (AvgIpc) is 2.76. The molecule has 1 rings (SSSR count). The van der Waals surface area contributed by atoms with Crippen LogP contribution in [0.2, 0.25) is 0 Å². The standard InChI is InChI=1S/C29H50F2O3/c1-7-8-9-10-11-15-18-26(29(32-6,33-23(2)3)34-24(4)5)19-16-13-12-14-17-25-20-21-27(30)22-28(25)31/h20-24,26H,7-19H2,1-6H3. The Kier molecular flexibility index (Phi) is 15.9. The van der Waals surface area contributed by atoms with E-state index in [0.29, 0.717) is 12.0 Å². The average molecular weight is 485 g/mol. The number of hydrogen-bond acceptors (Lipinski definition) is 3. The molecule has 0 aromatic heterocycles. The van der Waals surface area contributed by atoms with Crippen molar-refractivity contribution in [3.63, 3.8) is 0 Å². The van der Waals surface area contributed by atoms with Gasteiger partial charge in [0.1, 0.15) is 11.6 Å². The molecule has 0 radical (unpaired) electrons. The van der Waals surface area contributed by atoms with Gasteiger partial charge in [-0.25, -0.2) is 8.78 Å². The number of hydrogen-bond donors (Lipinski definition) is 0. The molecule has 3 nitrogen and oxygen atoms in total. The van der Waals surface area contributed by atoms with Crippen LogP contribution in [-0.4, -0.2) is 25.3 Å². The Labute approximate surface area is 207 Å². The van der Waals surface area contributed by atoms with E-state index in [-0.39, 0.29) is 18.1 Å². The maximum absolute atomic E-state index is 13.8. The smallest absolute Gasteiger partial charge is 0.286 e. The van der Waals surface area contributed by atoms with Gasteiger partial charge in [0.25, 0.3) is 5.97 Å². The van der Waals surface area contributed by atoms with Crippen molar-refractivity contribution < 1.29 is 23.0 Å². The van der Waals surface area contributed by atoms with Crippen molar-refractivity contribution in [2.75, 3.05) is 7.11 Å². The van der Waals surface area contributed by atoms with Gasteiger partial charge in [-0.3, -0.25) is 0 Å². The highest BCUT2D eigenvalue weighted by Gasteiger charge is 2.42. The highest BCUT2D eigenvalue weighted by atomic mass is 19.1. The molecule has 0 fully saturated rings.